The number of nitrogens with zero attached hydrogens (tertiary/aromatic N) is 2. The molecule has 0 aromatic heterocycles. The van der Waals surface area contributed by atoms with Crippen molar-refractivity contribution in [3.63, 3.8) is 0 Å². The van der Waals surface area contributed by atoms with Crippen molar-refractivity contribution in [1.82, 2.24) is 4.90 Å². The zero-order chi connectivity index (χ0) is 15.3. The smallest absolute Gasteiger partial charge is 0.410 e. The molecule has 0 bridgehead atoms. The molecule has 0 aromatic carbocycles. The van der Waals surface area contributed by atoms with Gasteiger partial charge in [0.15, 0.2) is 5.41 Å². The third kappa shape index (κ3) is 4.01. The lowest BCUT2D eigenvalue weighted by Gasteiger charge is -2.24. The minimum absolute atomic E-state index is 0.112. The van der Waals surface area contributed by atoms with Crippen molar-refractivity contribution in [2.24, 2.45) is 5.41 Å². The van der Waals surface area contributed by atoms with E-state index in [1.165, 1.54) is 6.07 Å². The van der Waals surface area contributed by atoms with Gasteiger partial charge >= 0.3 is 12.3 Å². The van der Waals surface area contributed by atoms with Crippen molar-refractivity contribution >= 4 is 6.09 Å². The molecule has 7 heteroatoms. The fourth-order valence-electron chi connectivity index (χ4n) is 1.63. The molecule has 1 amide bonds. The van der Waals surface area contributed by atoms with Crippen LogP contribution in [-0.4, -0.2) is 36.4 Å². The summed E-state index contributed by atoms with van der Waals surface area (Å²) >= 11 is 0. The van der Waals surface area contributed by atoms with E-state index in [2.05, 4.69) is 0 Å². The number of likely N-dealkylation sites (tertiary alicyclic amines) is 1. The van der Waals surface area contributed by atoms with Crippen molar-refractivity contribution in [3.05, 3.63) is 0 Å². The quantitative estimate of drug-likeness (QED) is 0.740. The summed E-state index contributed by atoms with van der Waals surface area (Å²) in [5, 5.41) is 8.68. The van der Waals surface area contributed by atoms with Gasteiger partial charge in [-0.1, -0.05) is 13.8 Å². The molecule has 4 nitrogen and oxygen atoms in total. The Hall–Kier alpha value is -1.45. The van der Waals surface area contributed by atoms with Gasteiger partial charge in [-0.3, -0.25) is 0 Å². The lowest BCUT2D eigenvalue weighted by Crippen LogP contribution is -2.41. The molecule has 1 aliphatic heterocycles. The monoisotopic (exact) mass is 280 g/mol. The first-order valence-electron chi connectivity index (χ1n) is 6.15. The number of nitriles is 1. The van der Waals surface area contributed by atoms with Crippen LogP contribution < -0.4 is 0 Å². The predicted octanol–water partition coefficient (Wildman–Crippen LogP) is 3.34. The molecule has 1 fully saturated rings. The lowest BCUT2D eigenvalue weighted by molar-refractivity contribution is -0.197. The first-order valence-corrected chi connectivity index (χ1v) is 6.15. The van der Waals surface area contributed by atoms with Crippen LogP contribution in [0.5, 0.6) is 0 Å². The molecule has 0 spiro atoms. The molecule has 1 aliphatic rings. The topological polar surface area (TPSA) is 53.3 Å². The van der Waals surface area contributed by atoms with Gasteiger partial charge in [0.2, 0.25) is 0 Å². The zero-order valence-electron chi connectivity index (χ0n) is 11.5. The van der Waals surface area contributed by atoms with Crippen LogP contribution in [0.15, 0.2) is 0 Å². The summed E-state index contributed by atoms with van der Waals surface area (Å²) in [4.78, 5) is 12.3. The second-order valence-electron chi connectivity index (χ2n) is 4.30. The lowest BCUT2D eigenvalue weighted by atomic mass is 9.88. The summed E-state index contributed by atoms with van der Waals surface area (Å²) in [7, 11) is 0. The molecule has 0 N–H and O–H groups in total. The summed E-state index contributed by atoms with van der Waals surface area (Å²) in [6, 6.07) is 1.28. The number of carbonyl (C=O) groups excluding carboxylic acids is 1. The van der Waals surface area contributed by atoms with Crippen LogP contribution in [-0.2, 0) is 4.74 Å². The van der Waals surface area contributed by atoms with Gasteiger partial charge in [0.25, 0.3) is 0 Å². The van der Waals surface area contributed by atoms with Crippen molar-refractivity contribution < 1.29 is 22.7 Å². The first-order chi connectivity index (χ1) is 8.72. The minimum Gasteiger partial charge on any atom is -0.447 e. The van der Waals surface area contributed by atoms with Crippen molar-refractivity contribution in [1.29, 1.82) is 5.26 Å². The third-order valence-corrected chi connectivity index (χ3v) is 2.62. The van der Waals surface area contributed by atoms with Crippen molar-refractivity contribution in [2.75, 3.05) is 13.1 Å². The summed E-state index contributed by atoms with van der Waals surface area (Å²) in [6.45, 7) is 6.45. The fraction of sp³-hybridized carbons (Fsp3) is 0.833. The second kappa shape index (κ2) is 6.64. The second-order valence-corrected chi connectivity index (χ2v) is 4.30. The van der Waals surface area contributed by atoms with Crippen LogP contribution in [0.3, 0.4) is 0 Å². The van der Waals surface area contributed by atoms with E-state index >= 15 is 0 Å². The standard InChI is InChI=1S/C10H13F3N2O2.C2H6/c1-7(2)17-8(16)15-4-3-9(5-14,6-15)10(11,12)13;1-2/h7H,3-4,6H2,1-2H3;1-2H3. The maximum atomic E-state index is 12.7. The minimum atomic E-state index is -4.63. The molecule has 1 unspecified atom stereocenters. The number of carbonyl (C=O) groups is 1. The summed E-state index contributed by atoms with van der Waals surface area (Å²) in [5.41, 5.74) is -2.46. The van der Waals surface area contributed by atoms with Gasteiger partial charge < -0.3 is 9.64 Å². The average Bonchev–Trinajstić information content (AvgIpc) is 2.75. The molecule has 1 saturated heterocycles. The van der Waals surface area contributed by atoms with Gasteiger partial charge in [0.05, 0.1) is 18.7 Å². The number of halogens is 3. The van der Waals surface area contributed by atoms with E-state index < -0.39 is 36.8 Å². The van der Waals surface area contributed by atoms with E-state index in [-0.39, 0.29) is 6.54 Å². The number of alkyl halides is 3. The Balaban J connectivity index is 0.00000154. The Morgan fingerprint density at radius 1 is 1.42 bits per heavy atom. The Kier molecular flexibility index (Phi) is 6.13. The highest BCUT2D eigenvalue weighted by atomic mass is 19.4. The van der Waals surface area contributed by atoms with E-state index in [1.807, 2.05) is 13.8 Å². The molecule has 0 aliphatic carbocycles. The van der Waals surface area contributed by atoms with Crippen LogP contribution in [0, 0.1) is 16.7 Å². The van der Waals surface area contributed by atoms with Crippen LogP contribution in [0.4, 0.5) is 18.0 Å². The molecule has 110 valence electrons. The number of amides is 1. The Morgan fingerprint density at radius 3 is 2.26 bits per heavy atom. The molecule has 1 heterocycles. The largest absolute Gasteiger partial charge is 0.447 e. The normalized spacial score (nSPS) is 22.6. The zero-order valence-corrected chi connectivity index (χ0v) is 11.5. The van der Waals surface area contributed by atoms with E-state index in [0.29, 0.717) is 0 Å². The molecular formula is C12H19F3N2O2. The Bertz CT molecular complexity index is 350. The highest BCUT2D eigenvalue weighted by molar-refractivity contribution is 5.68. The molecule has 1 rings (SSSR count). The van der Waals surface area contributed by atoms with Crippen molar-refractivity contribution in [3.8, 4) is 6.07 Å². The molecule has 0 aromatic rings. The first kappa shape index (κ1) is 17.6. The SMILES string of the molecule is CC.CC(C)OC(=O)N1CCC(C#N)(C(F)(F)F)C1. The van der Waals surface area contributed by atoms with Gasteiger partial charge in [-0.05, 0) is 20.3 Å². The summed E-state index contributed by atoms with van der Waals surface area (Å²) in [6.07, 6.45) is -6.23. The van der Waals surface area contributed by atoms with Crippen LogP contribution in [0.25, 0.3) is 0 Å². The molecule has 1 atom stereocenters. The van der Waals surface area contributed by atoms with Crippen LogP contribution in [0.1, 0.15) is 34.1 Å². The maximum Gasteiger partial charge on any atom is 0.410 e. The van der Waals surface area contributed by atoms with Gasteiger partial charge in [0.1, 0.15) is 0 Å². The number of ether oxygens (including phenoxy) is 1. The van der Waals surface area contributed by atoms with Gasteiger partial charge in [-0.25, -0.2) is 4.79 Å². The number of rotatable bonds is 1. The molecule has 0 radical (unpaired) electrons. The third-order valence-electron chi connectivity index (χ3n) is 2.62. The van der Waals surface area contributed by atoms with E-state index in [4.69, 9.17) is 10.00 Å². The highest BCUT2D eigenvalue weighted by Crippen LogP contribution is 2.44. The van der Waals surface area contributed by atoms with Gasteiger partial charge in [-0.2, -0.15) is 18.4 Å². The van der Waals surface area contributed by atoms with Gasteiger partial charge in [-0.15, -0.1) is 0 Å². The van der Waals surface area contributed by atoms with E-state index in [1.54, 1.807) is 13.8 Å². The molecule has 0 saturated carbocycles. The fourth-order valence-corrected chi connectivity index (χ4v) is 1.63. The average molecular weight is 280 g/mol. The van der Waals surface area contributed by atoms with Crippen molar-refractivity contribution in [2.45, 2.75) is 46.4 Å². The maximum absolute atomic E-state index is 12.7. The number of hydrogen-bond donors (Lipinski definition) is 0. The Labute approximate surface area is 111 Å². The highest BCUT2D eigenvalue weighted by Gasteiger charge is 2.59. The van der Waals surface area contributed by atoms with Crippen LogP contribution >= 0.6 is 0 Å². The predicted molar refractivity (Wildman–Crippen MR) is 63.3 cm³/mol. The van der Waals surface area contributed by atoms with Crippen LogP contribution in [0.2, 0.25) is 0 Å². The summed E-state index contributed by atoms with van der Waals surface area (Å²) in [5.74, 6) is 0. The van der Waals surface area contributed by atoms with E-state index in [9.17, 15) is 18.0 Å². The Morgan fingerprint density at radius 2 is 1.95 bits per heavy atom. The number of hydrogen-bond acceptors (Lipinski definition) is 3. The van der Waals surface area contributed by atoms with E-state index in [0.717, 1.165) is 4.90 Å². The molecule has 19 heavy (non-hydrogen) atoms. The summed E-state index contributed by atoms with van der Waals surface area (Å²) < 4.78 is 42.9. The van der Waals surface area contributed by atoms with Gasteiger partial charge in [0, 0.05) is 6.54 Å². The molecular weight excluding hydrogens is 261 g/mol.